The first kappa shape index (κ1) is 18.9. The van der Waals surface area contributed by atoms with E-state index in [0.29, 0.717) is 5.69 Å². The minimum Gasteiger partial charge on any atom is -0.426 e. The number of ether oxygens (including phenoxy) is 1. The summed E-state index contributed by atoms with van der Waals surface area (Å²) in [5, 5.41) is 0. The summed E-state index contributed by atoms with van der Waals surface area (Å²) in [6.45, 7) is 2.17. The molecule has 0 N–H and O–H groups in total. The molecule has 2 fully saturated rings. The van der Waals surface area contributed by atoms with Crippen molar-refractivity contribution in [3.05, 3.63) is 54.1 Å². The highest BCUT2D eigenvalue weighted by Gasteiger charge is 2.37. The molecule has 2 aromatic rings. The third kappa shape index (κ3) is 3.63. The smallest absolute Gasteiger partial charge is 0.316 e. The molecule has 2 saturated heterocycles. The number of imide groups is 1. The number of anilines is 2. The maximum Gasteiger partial charge on any atom is 0.316 e. The SMILES string of the molecule is Cc1ccccc1N1C[C@@H](C(=O)Oc2cccc(N3C(=O)CCC3=O)c2)CC1=O. The quantitative estimate of drug-likeness (QED) is 0.454. The van der Waals surface area contributed by atoms with Crippen LogP contribution in [0.15, 0.2) is 48.5 Å². The van der Waals surface area contributed by atoms with Gasteiger partial charge in [-0.3, -0.25) is 24.1 Å². The van der Waals surface area contributed by atoms with Crippen molar-refractivity contribution in [2.24, 2.45) is 5.92 Å². The third-order valence-corrected chi connectivity index (χ3v) is 5.21. The van der Waals surface area contributed by atoms with E-state index in [0.717, 1.165) is 16.2 Å². The first-order valence-corrected chi connectivity index (χ1v) is 9.47. The lowest BCUT2D eigenvalue weighted by atomic mass is 10.1. The lowest BCUT2D eigenvalue weighted by Crippen LogP contribution is -2.29. The topological polar surface area (TPSA) is 84.0 Å². The molecule has 148 valence electrons. The number of nitrogens with zero attached hydrogens (tertiary/aromatic N) is 2. The average Bonchev–Trinajstić information content (AvgIpc) is 3.24. The van der Waals surface area contributed by atoms with E-state index in [2.05, 4.69) is 0 Å². The molecule has 4 rings (SSSR count). The molecule has 29 heavy (non-hydrogen) atoms. The molecule has 0 saturated carbocycles. The second kappa shape index (κ2) is 7.50. The van der Waals surface area contributed by atoms with Crippen molar-refractivity contribution in [3.8, 4) is 5.75 Å². The zero-order chi connectivity index (χ0) is 20.5. The molecule has 0 aromatic heterocycles. The van der Waals surface area contributed by atoms with Crippen LogP contribution in [0.4, 0.5) is 11.4 Å². The standard InChI is InChI=1S/C22H20N2O5/c1-14-5-2-3-8-18(14)23-13-15(11-21(23)27)22(28)29-17-7-4-6-16(12-17)24-19(25)9-10-20(24)26/h2-8,12,15H,9-11,13H2,1H3/t15-/m0/s1. The second-order valence-corrected chi connectivity index (χ2v) is 7.23. The van der Waals surface area contributed by atoms with Crippen LogP contribution in [0.25, 0.3) is 0 Å². The van der Waals surface area contributed by atoms with Crippen LogP contribution < -0.4 is 14.5 Å². The van der Waals surface area contributed by atoms with E-state index in [4.69, 9.17) is 4.74 Å². The van der Waals surface area contributed by atoms with Crippen LogP contribution in [0.1, 0.15) is 24.8 Å². The minimum absolute atomic E-state index is 0.0793. The van der Waals surface area contributed by atoms with Crippen molar-refractivity contribution in [1.82, 2.24) is 0 Å². The van der Waals surface area contributed by atoms with Crippen molar-refractivity contribution in [2.45, 2.75) is 26.2 Å². The summed E-state index contributed by atoms with van der Waals surface area (Å²) in [6, 6.07) is 13.8. The number of amides is 3. The van der Waals surface area contributed by atoms with E-state index in [9.17, 15) is 19.2 Å². The Kier molecular flexibility index (Phi) is 4.88. The molecule has 0 aliphatic carbocycles. The predicted octanol–water partition coefficient (Wildman–Crippen LogP) is 2.61. The fourth-order valence-electron chi connectivity index (χ4n) is 3.71. The van der Waals surface area contributed by atoms with Crippen LogP contribution in [0.5, 0.6) is 5.75 Å². The van der Waals surface area contributed by atoms with Gasteiger partial charge in [-0.1, -0.05) is 24.3 Å². The predicted molar refractivity (Wildman–Crippen MR) is 105 cm³/mol. The number of hydrogen-bond donors (Lipinski definition) is 0. The van der Waals surface area contributed by atoms with Gasteiger partial charge in [0.2, 0.25) is 17.7 Å². The Balaban J connectivity index is 1.47. The van der Waals surface area contributed by atoms with Gasteiger partial charge in [0.05, 0.1) is 11.6 Å². The molecule has 1 atom stereocenters. The summed E-state index contributed by atoms with van der Waals surface area (Å²) in [5.74, 6) is -1.51. The largest absolute Gasteiger partial charge is 0.426 e. The Morgan fingerprint density at radius 1 is 0.966 bits per heavy atom. The molecule has 7 heteroatoms. The van der Waals surface area contributed by atoms with Crippen molar-refractivity contribution >= 4 is 35.1 Å². The number of para-hydroxylation sites is 1. The van der Waals surface area contributed by atoms with Gasteiger partial charge in [-0.05, 0) is 30.7 Å². The molecule has 2 aliphatic heterocycles. The fourth-order valence-corrected chi connectivity index (χ4v) is 3.71. The average molecular weight is 392 g/mol. The van der Waals surface area contributed by atoms with E-state index in [-0.39, 0.29) is 49.3 Å². The van der Waals surface area contributed by atoms with Crippen LogP contribution in [0.3, 0.4) is 0 Å². The normalized spacial score (nSPS) is 19.2. The van der Waals surface area contributed by atoms with Crippen LogP contribution >= 0.6 is 0 Å². The summed E-state index contributed by atoms with van der Waals surface area (Å²) >= 11 is 0. The molecular weight excluding hydrogens is 372 g/mol. The van der Waals surface area contributed by atoms with Crippen LogP contribution in [0, 0.1) is 12.8 Å². The number of carbonyl (C=O) groups is 4. The van der Waals surface area contributed by atoms with E-state index in [1.54, 1.807) is 23.1 Å². The summed E-state index contributed by atoms with van der Waals surface area (Å²) < 4.78 is 5.46. The van der Waals surface area contributed by atoms with Gasteiger partial charge in [-0.15, -0.1) is 0 Å². The maximum atomic E-state index is 12.6. The Hall–Kier alpha value is -3.48. The molecule has 0 spiro atoms. The lowest BCUT2D eigenvalue weighted by molar-refractivity contribution is -0.139. The number of esters is 1. The summed E-state index contributed by atoms with van der Waals surface area (Å²) in [4.78, 5) is 51.6. The summed E-state index contributed by atoms with van der Waals surface area (Å²) in [5.41, 5.74) is 2.13. The molecule has 0 radical (unpaired) electrons. The van der Waals surface area contributed by atoms with Gasteiger partial charge >= 0.3 is 5.97 Å². The van der Waals surface area contributed by atoms with Crippen molar-refractivity contribution < 1.29 is 23.9 Å². The Bertz CT molecular complexity index is 1000. The van der Waals surface area contributed by atoms with E-state index in [1.807, 2.05) is 31.2 Å². The van der Waals surface area contributed by atoms with E-state index < -0.39 is 11.9 Å². The highest BCUT2D eigenvalue weighted by Crippen LogP contribution is 2.30. The summed E-state index contributed by atoms with van der Waals surface area (Å²) in [7, 11) is 0. The number of aryl methyl sites for hydroxylation is 1. The van der Waals surface area contributed by atoms with Crippen LogP contribution in [-0.4, -0.2) is 30.2 Å². The Morgan fingerprint density at radius 3 is 2.41 bits per heavy atom. The molecule has 0 unspecified atom stereocenters. The van der Waals surface area contributed by atoms with Gasteiger partial charge < -0.3 is 9.64 Å². The molecule has 2 heterocycles. The fraction of sp³-hybridized carbons (Fsp3) is 0.273. The van der Waals surface area contributed by atoms with E-state index in [1.165, 1.54) is 6.07 Å². The van der Waals surface area contributed by atoms with Crippen molar-refractivity contribution in [3.63, 3.8) is 0 Å². The van der Waals surface area contributed by atoms with Gasteiger partial charge in [0.25, 0.3) is 0 Å². The Labute approximate surface area is 167 Å². The first-order valence-electron chi connectivity index (χ1n) is 9.47. The van der Waals surface area contributed by atoms with Crippen LogP contribution in [-0.2, 0) is 19.2 Å². The first-order chi connectivity index (χ1) is 13.9. The monoisotopic (exact) mass is 392 g/mol. The second-order valence-electron chi connectivity index (χ2n) is 7.23. The number of benzene rings is 2. The summed E-state index contributed by atoms with van der Waals surface area (Å²) in [6.07, 6.45) is 0.444. The molecule has 0 bridgehead atoms. The van der Waals surface area contributed by atoms with Crippen LogP contribution in [0.2, 0.25) is 0 Å². The van der Waals surface area contributed by atoms with Crippen molar-refractivity contribution in [1.29, 1.82) is 0 Å². The highest BCUT2D eigenvalue weighted by molar-refractivity contribution is 6.19. The van der Waals surface area contributed by atoms with Gasteiger partial charge in [0.15, 0.2) is 0 Å². The van der Waals surface area contributed by atoms with Gasteiger partial charge in [0, 0.05) is 37.6 Å². The molecule has 3 amide bonds. The highest BCUT2D eigenvalue weighted by atomic mass is 16.5. The molecule has 7 nitrogen and oxygen atoms in total. The molecular formula is C22H20N2O5. The lowest BCUT2D eigenvalue weighted by Gasteiger charge is -2.19. The number of carbonyl (C=O) groups excluding carboxylic acids is 4. The number of hydrogen-bond acceptors (Lipinski definition) is 5. The zero-order valence-electron chi connectivity index (χ0n) is 16.0. The van der Waals surface area contributed by atoms with E-state index >= 15 is 0 Å². The minimum atomic E-state index is -0.583. The molecule has 2 aliphatic rings. The third-order valence-electron chi connectivity index (χ3n) is 5.21. The molecule has 2 aromatic carbocycles. The van der Waals surface area contributed by atoms with Gasteiger partial charge in [0.1, 0.15) is 5.75 Å². The van der Waals surface area contributed by atoms with Gasteiger partial charge in [-0.2, -0.15) is 0 Å². The zero-order valence-corrected chi connectivity index (χ0v) is 16.0. The Morgan fingerprint density at radius 2 is 1.69 bits per heavy atom. The van der Waals surface area contributed by atoms with Gasteiger partial charge in [-0.25, -0.2) is 0 Å². The number of rotatable bonds is 4. The maximum absolute atomic E-state index is 12.6. The van der Waals surface area contributed by atoms with Crippen molar-refractivity contribution in [2.75, 3.05) is 16.3 Å².